The molecule has 0 aromatic carbocycles. The van der Waals surface area contributed by atoms with Crippen LogP contribution in [0.15, 0.2) is 0 Å². The smallest absolute Gasteiger partial charge is 2.00 e. The topological polar surface area (TPSA) is 632 Å². The Morgan fingerprint density at radius 1 is 0.283 bits per heavy atom. The molecule has 0 aliphatic rings. The zero-order chi connectivity index (χ0) is 35.8. The molecule has 0 aromatic heterocycles. The molecule has 0 heterocycles. The van der Waals surface area contributed by atoms with Crippen LogP contribution in [0.3, 0.4) is 0 Å². The van der Waals surface area contributed by atoms with E-state index in [9.17, 15) is 0 Å². The van der Waals surface area contributed by atoms with Crippen molar-refractivity contribution in [3.8, 4) is 0 Å². The van der Waals surface area contributed by atoms with Crippen LogP contribution in [-0.4, -0.2) is 54.6 Å². The molecule has 0 bridgehead atoms. The molecule has 0 saturated heterocycles. The summed E-state index contributed by atoms with van der Waals surface area (Å²) in [6.45, 7) is 0. The predicted molar refractivity (Wildman–Crippen MR) is 18.4 cm³/mol. The monoisotopic (exact) mass is 2050 g/mol. The van der Waals surface area contributed by atoms with Crippen LogP contribution in [0.1, 0.15) is 0 Å². The van der Waals surface area contributed by atoms with Crippen LogP contribution >= 0.6 is 0 Å². The molecule has 0 unspecified atom stereocenters. The SMILES string of the molecule is [La+3].[La+3].[Nb+5].[Nb+5].[O]=[Ti]([O-])[O-].[O]=[Ti]([O-])[O-].[O]=[Ti]([O-])[O-].[O]=[Ti]([O-])[O-].[O]=[Ti]([O-])[O-].[O]=[Zr]([O-])[O-].[O]=[Zr]([O-])[O-].[O]=[Zr]([O-])[O-].[O]=[Zr]([O-])[O-].[O]=[Zr]([O-])[O-].[Pb+2].[Pb+2]. The van der Waals surface area contributed by atoms with Crippen LogP contribution in [0.4, 0.5) is 0 Å². The minimum absolute atomic E-state index is 0. The molecule has 0 atom stereocenters. The van der Waals surface area contributed by atoms with Gasteiger partial charge in [0.15, 0.2) is 0 Å². The van der Waals surface area contributed by atoms with Crippen LogP contribution < -0.4 is 68.7 Å². The van der Waals surface area contributed by atoms with E-state index in [4.69, 9.17) is 99.4 Å². The fourth-order valence-electron chi connectivity index (χ4n) is 0. The van der Waals surface area contributed by atoms with E-state index < -0.39 is 206 Å². The Balaban J connectivity index is -0.0000000153. The Hall–Kier alpha value is 10.9. The van der Waals surface area contributed by atoms with Crippen LogP contribution in [0.25, 0.3) is 0 Å². The van der Waals surface area contributed by atoms with E-state index in [2.05, 4.69) is 0 Å². The van der Waals surface area contributed by atoms with E-state index in [1.165, 1.54) is 0 Å². The third-order valence-corrected chi connectivity index (χ3v) is 0. The molecule has 0 aliphatic carbocycles. The van der Waals surface area contributed by atoms with Gasteiger partial charge in [-0.2, -0.15) is 0 Å². The molecule has 30 nitrogen and oxygen atoms in total. The third-order valence-electron chi connectivity index (χ3n) is 0. The van der Waals surface area contributed by atoms with Crippen molar-refractivity contribution in [1.82, 2.24) is 0 Å². The molecular weight excluding hydrogens is 2050 g/mol. The van der Waals surface area contributed by atoms with Crippen LogP contribution in [-0.2, 0) is 282 Å². The standard InChI is InChI=1S/2La.2Nb.30O.2Pb.5Ti.5Zr/q2*+3;2*+5;;;;;;;;;;;20*-1;2*+2;;;;;;;;;;. The van der Waals surface area contributed by atoms with E-state index >= 15 is 0 Å². The normalized spacial score (nSPS) is 5.65. The van der Waals surface area contributed by atoms with Crippen molar-refractivity contribution in [2.75, 3.05) is 0 Å². The summed E-state index contributed by atoms with van der Waals surface area (Å²) in [4.78, 5) is 0. The van der Waals surface area contributed by atoms with Gasteiger partial charge >= 0.3 is 476 Å². The van der Waals surface area contributed by atoms with Crippen LogP contribution in [0, 0.1) is 71.2 Å². The van der Waals surface area contributed by atoms with Crippen LogP contribution in [0.5, 0.6) is 0 Å². The maximum atomic E-state index is 8.61. The fourth-order valence-corrected chi connectivity index (χ4v) is 0. The Bertz CT molecular complexity index is 507. The zero-order valence-corrected chi connectivity index (χ0v) is 59.8. The molecule has 0 saturated carbocycles. The molecule has 46 heteroatoms. The quantitative estimate of drug-likeness (QED) is 0.203. The van der Waals surface area contributed by atoms with Gasteiger partial charge < -0.3 is 0 Å². The van der Waals surface area contributed by atoms with Gasteiger partial charge in [0.25, 0.3) is 0 Å². The number of hydrogen-bond acceptors (Lipinski definition) is 30. The van der Waals surface area contributed by atoms with E-state index in [1.807, 2.05) is 0 Å². The summed E-state index contributed by atoms with van der Waals surface area (Å²) >= 11 is -41.9. The molecule has 0 fully saturated rings. The summed E-state index contributed by atoms with van der Waals surface area (Å²) in [5.41, 5.74) is 0. The van der Waals surface area contributed by atoms with Gasteiger partial charge in [0, 0.05) is 0 Å². The average molecular weight is 2050 g/mol. The van der Waals surface area contributed by atoms with Gasteiger partial charge in [0.1, 0.15) is 0 Å². The van der Waals surface area contributed by atoms with Crippen molar-refractivity contribution < 1.29 is 422 Å². The van der Waals surface area contributed by atoms with Gasteiger partial charge in [-0.3, -0.25) is 0 Å². The number of rotatable bonds is 0. The first kappa shape index (κ1) is 106. The second-order valence-electron chi connectivity index (χ2n) is 2.50. The zero-order valence-electron chi connectivity index (χ0n) is 20.3. The van der Waals surface area contributed by atoms with Gasteiger partial charge in [-0.1, -0.05) is 0 Å². The van der Waals surface area contributed by atoms with E-state index in [-0.39, 0.29) is 171 Å². The minimum Gasteiger partial charge on any atom is 2.00 e. The summed E-state index contributed by atoms with van der Waals surface area (Å²) in [7, 11) is 0. The maximum absolute atomic E-state index is 8.61. The molecule has 0 spiro atoms. The summed E-state index contributed by atoms with van der Waals surface area (Å²) in [6, 6.07) is 0. The first-order chi connectivity index (χ1) is 17.3. The first-order valence-corrected chi connectivity index (χ1v) is 30.7. The van der Waals surface area contributed by atoms with Crippen molar-refractivity contribution >= 4 is 54.6 Å². The van der Waals surface area contributed by atoms with E-state index in [0.717, 1.165) is 0 Å². The molecule has 4 radical (unpaired) electrons. The summed E-state index contributed by atoms with van der Waals surface area (Å²) in [6.07, 6.45) is 0. The Labute approximate surface area is 463 Å². The largest absolute Gasteiger partial charge is 2.00 e. The van der Waals surface area contributed by atoms with E-state index in [0.29, 0.717) is 0 Å². The first-order valence-electron chi connectivity index (χ1n) is 6.12. The molecule has 0 amide bonds. The van der Waals surface area contributed by atoms with Crippen molar-refractivity contribution in [3.05, 3.63) is 0 Å². The van der Waals surface area contributed by atoms with Crippen molar-refractivity contribution in [2.24, 2.45) is 0 Å². The van der Waals surface area contributed by atoms with Crippen molar-refractivity contribution in [2.45, 2.75) is 0 Å². The predicted octanol–water partition coefficient (Wildman–Crippen LogP) is -25.8. The Morgan fingerprint density at radius 3 is 0.283 bits per heavy atom. The Morgan fingerprint density at radius 2 is 0.283 bits per heavy atom. The summed E-state index contributed by atoms with van der Waals surface area (Å²) in [5.74, 6) is 0. The maximum Gasteiger partial charge on any atom is 2.00 e. The van der Waals surface area contributed by atoms with Gasteiger partial charge in [0.05, 0.1) is 0 Å². The van der Waals surface area contributed by atoms with Gasteiger partial charge in [-0.25, -0.2) is 0 Å². The van der Waals surface area contributed by atoms with Crippen LogP contribution in [0.2, 0.25) is 0 Å². The minimum atomic E-state index is -4.29. The van der Waals surface area contributed by atoms with Crippen molar-refractivity contribution in [1.29, 1.82) is 0 Å². The van der Waals surface area contributed by atoms with E-state index in [1.54, 1.807) is 0 Å². The molecule has 0 N–H and O–H groups in total. The fraction of sp³-hybridized carbons (Fsp3) is 0. The summed E-state index contributed by atoms with van der Waals surface area (Å²) in [5, 5.41) is 0. The van der Waals surface area contributed by atoms with Gasteiger partial charge in [-0.05, 0) is 0 Å². The van der Waals surface area contributed by atoms with Crippen molar-refractivity contribution in [3.63, 3.8) is 0 Å². The second kappa shape index (κ2) is 101. The number of hydrogen-bond donors (Lipinski definition) is 0. The Kier molecular flexibility index (Phi) is 233. The van der Waals surface area contributed by atoms with Gasteiger partial charge in [0.2, 0.25) is 0 Å². The molecule has 46 heavy (non-hydrogen) atoms. The second-order valence-corrected chi connectivity index (χ2v) is 12.5. The molecule has 0 aliphatic heterocycles. The third kappa shape index (κ3) is 1340. The molecule has 244 valence electrons. The summed E-state index contributed by atoms with van der Waals surface area (Å²) < 4.78 is 258. The molecule has 0 aromatic rings. The molecule has 0 rings (SSSR count). The molecular formula is La2Nb2O30Pb2Ti5Zr5. The average Bonchev–Trinajstić information content (AvgIpc) is 2.47. The van der Waals surface area contributed by atoms with Gasteiger partial charge in [-0.15, -0.1) is 0 Å².